The third kappa shape index (κ3) is 5.08. The summed E-state index contributed by atoms with van der Waals surface area (Å²) in [5, 5.41) is 2.92. The van der Waals surface area contributed by atoms with Gasteiger partial charge in [0, 0.05) is 19.5 Å². The largest absolute Gasteiger partial charge is 0.339 e. The molecule has 1 aromatic carbocycles. The Kier molecular flexibility index (Phi) is 7.29. The van der Waals surface area contributed by atoms with Gasteiger partial charge in [0.25, 0.3) is 5.91 Å². The van der Waals surface area contributed by atoms with Gasteiger partial charge in [-0.1, -0.05) is 51.2 Å². The first-order valence-electron chi connectivity index (χ1n) is 9.29. The van der Waals surface area contributed by atoms with E-state index >= 15 is 0 Å². The molecule has 0 heterocycles. The monoisotopic (exact) mass is 330 g/mol. The van der Waals surface area contributed by atoms with Crippen LogP contribution in [0, 0.1) is 0 Å². The molecule has 0 aliphatic heterocycles. The van der Waals surface area contributed by atoms with Crippen LogP contribution in [-0.2, 0) is 4.79 Å². The van der Waals surface area contributed by atoms with Crippen LogP contribution in [0.25, 0.3) is 0 Å². The van der Waals surface area contributed by atoms with Crippen molar-refractivity contribution in [2.24, 2.45) is 0 Å². The number of nitrogens with zero attached hydrogens (tertiary/aromatic N) is 1. The lowest BCUT2D eigenvalue weighted by molar-refractivity contribution is -0.116. The quantitative estimate of drug-likeness (QED) is 0.742. The maximum absolute atomic E-state index is 12.9. The van der Waals surface area contributed by atoms with E-state index in [4.69, 9.17) is 0 Å². The van der Waals surface area contributed by atoms with Crippen molar-refractivity contribution in [3.05, 3.63) is 29.8 Å². The molecule has 1 fully saturated rings. The van der Waals surface area contributed by atoms with Crippen LogP contribution in [0.1, 0.15) is 75.1 Å². The normalized spacial score (nSPS) is 15.1. The van der Waals surface area contributed by atoms with Crippen molar-refractivity contribution in [2.75, 3.05) is 12.4 Å². The van der Waals surface area contributed by atoms with E-state index in [-0.39, 0.29) is 11.8 Å². The van der Waals surface area contributed by atoms with Gasteiger partial charge in [-0.25, -0.2) is 0 Å². The number of hydrogen-bond acceptors (Lipinski definition) is 2. The first kappa shape index (κ1) is 18.5. The Morgan fingerprint density at radius 3 is 2.54 bits per heavy atom. The molecule has 2 amide bonds. The fraction of sp³-hybridized carbons (Fsp3) is 0.600. The molecule has 0 spiro atoms. The van der Waals surface area contributed by atoms with Gasteiger partial charge in [0.15, 0.2) is 0 Å². The molecule has 4 heteroatoms. The average molecular weight is 330 g/mol. The van der Waals surface area contributed by atoms with Crippen molar-refractivity contribution in [1.29, 1.82) is 0 Å². The van der Waals surface area contributed by atoms with Gasteiger partial charge in [-0.2, -0.15) is 0 Å². The Hall–Kier alpha value is -1.84. The highest BCUT2D eigenvalue weighted by Crippen LogP contribution is 2.25. The van der Waals surface area contributed by atoms with Crippen molar-refractivity contribution in [2.45, 2.75) is 70.8 Å². The highest BCUT2D eigenvalue weighted by atomic mass is 16.2. The Morgan fingerprint density at radius 1 is 1.12 bits per heavy atom. The summed E-state index contributed by atoms with van der Waals surface area (Å²) >= 11 is 0. The number of rotatable bonds is 7. The highest BCUT2D eigenvalue weighted by Gasteiger charge is 2.24. The van der Waals surface area contributed by atoms with Crippen LogP contribution in [0.4, 0.5) is 5.69 Å². The molecule has 1 aliphatic carbocycles. The number of hydrogen-bond donors (Lipinski definition) is 1. The second-order valence-corrected chi connectivity index (χ2v) is 6.76. The van der Waals surface area contributed by atoms with E-state index in [0.29, 0.717) is 23.7 Å². The molecule has 2 rings (SSSR count). The molecule has 1 saturated carbocycles. The zero-order valence-corrected chi connectivity index (χ0v) is 15.0. The summed E-state index contributed by atoms with van der Waals surface area (Å²) in [5.74, 6) is -0.00428. The Labute approximate surface area is 145 Å². The number of carbonyl (C=O) groups excluding carboxylic acids is 2. The first-order chi connectivity index (χ1) is 11.6. The number of unbranched alkanes of at least 4 members (excludes halogenated alkanes) is 2. The van der Waals surface area contributed by atoms with Crippen LogP contribution < -0.4 is 5.32 Å². The lowest BCUT2D eigenvalue weighted by Gasteiger charge is -2.31. The van der Waals surface area contributed by atoms with E-state index in [1.165, 1.54) is 19.3 Å². The molecular weight excluding hydrogens is 300 g/mol. The molecule has 4 nitrogen and oxygen atoms in total. The van der Waals surface area contributed by atoms with Crippen molar-refractivity contribution in [3.8, 4) is 0 Å². The van der Waals surface area contributed by atoms with Gasteiger partial charge in [0.05, 0.1) is 11.3 Å². The van der Waals surface area contributed by atoms with Crippen molar-refractivity contribution in [1.82, 2.24) is 4.90 Å². The highest BCUT2D eigenvalue weighted by molar-refractivity contribution is 6.03. The van der Waals surface area contributed by atoms with Gasteiger partial charge in [0.2, 0.25) is 5.91 Å². The standard InChI is InChI=1S/C20H30N2O2/c1-3-4-6-15-19(23)21-18-14-10-9-13-17(18)20(24)22(2)16-11-7-5-8-12-16/h9-10,13-14,16H,3-8,11-12,15H2,1-2H3,(H,21,23). The SMILES string of the molecule is CCCCCC(=O)Nc1ccccc1C(=O)N(C)C1CCCCC1. The van der Waals surface area contributed by atoms with Crippen LogP contribution >= 0.6 is 0 Å². The van der Waals surface area contributed by atoms with Crippen LogP contribution in [0.5, 0.6) is 0 Å². The van der Waals surface area contributed by atoms with Crippen molar-refractivity contribution < 1.29 is 9.59 Å². The summed E-state index contributed by atoms with van der Waals surface area (Å²) in [4.78, 5) is 26.8. The van der Waals surface area contributed by atoms with E-state index in [1.54, 1.807) is 0 Å². The second kappa shape index (κ2) is 9.45. The first-order valence-corrected chi connectivity index (χ1v) is 9.29. The number of nitrogens with one attached hydrogen (secondary N) is 1. The van der Waals surface area contributed by atoms with E-state index in [9.17, 15) is 9.59 Å². The summed E-state index contributed by atoms with van der Waals surface area (Å²) in [7, 11) is 1.89. The average Bonchev–Trinajstić information content (AvgIpc) is 2.62. The minimum absolute atomic E-state index is 0.00589. The third-order valence-electron chi connectivity index (χ3n) is 4.88. The molecule has 1 N–H and O–H groups in total. The zero-order valence-electron chi connectivity index (χ0n) is 15.0. The number of para-hydroxylation sites is 1. The van der Waals surface area contributed by atoms with Gasteiger partial charge in [-0.3, -0.25) is 9.59 Å². The Balaban J connectivity index is 2.04. The van der Waals surface area contributed by atoms with Gasteiger partial charge >= 0.3 is 0 Å². The maximum atomic E-state index is 12.9. The van der Waals surface area contributed by atoms with Crippen LogP contribution in [0.2, 0.25) is 0 Å². The van der Waals surface area contributed by atoms with E-state index < -0.39 is 0 Å². The van der Waals surface area contributed by atoms with E-state index in [0.717, 1.165) is 32.1 Å². The van der Waals surface area contributed by atoms with Gasteiger partial charge < -0.3 is 10.2 Å². The minimum atomic E-state index is -0.0102. The van der Waals surface area contributed by atoms with Crippen LogP contribution in [0.15, 0.2) is 24.3 Å². The van der Waals surface area contributed by atoms with E-state index in [1.807, 2.05) is 36.2 Å². The predicted molar refractivity (Wildman–Crippen MR) is 98.2 cm³/mol. The molecule has 0 unspecified atom stereocenters. The molecule has 1 aromatic rings. The lowest BCUT2D eigenvalue weighted by atomic mass is 9.94. The molecule has 1 aliphatic rings. The summed E-state index contributed by atoms with van der Waals surface area (Å²) in [5.41, 5.74) is 1.22. The molecule has 0 aromatic heterocycles. The molecule has 0 bridgehead atoms. The minimum Gasteiger partial charge on any atom is -0.339 e. The fourth-order valence-corrected chi connectivity index (χ4v) is 3.35. The Bertz CT molecular complexity index is 550. The maximum Gasteiger partial charge on any atom is 0.255 e. The topological polar surface area (TPSA) is 49.4 Å². The van der Waals surface area contributed by atoms with Crippen LogP contribution in [-0.4, -0.2) is 29.8 Å². The molecular formula is C20H30N2O2. The van der Waals surface area contributed by atoms with Crippen LogP contribution in [0.3, 0.4) is 0 Å². The lowest BCUT2D eigenvalue weighted by Crippen LogP contribution is -2.38. The fourth-order valence-electron chi connectivity index (χ4n) is 3.35. The Morgan fingerprint density at radius 2 is 1.83 bits per heavy atom. The van der Waals surface area contributed by atoms with Gasteiger partial charge in [0.1, 0.15) is 0 Å². The molecule has 0 atom stereocenters. The van der Waals surface area contributed by atoms with Gasteiger partial charge in [-0.05, 0) is 31.4 Å². The summed E-state index contributed by atoms with van der Waals surface area (Å²) in [6.07, 6.45) is 9.35. The summed E-state index contributed by atoms with van der Waals surface area (Å²) < 4.78 is 0. The zero-order chi connectivity index (χ0) is 17.4. The van der Waals surface area contributed by atoms with Gasteiger partial charge in [-0.15, -0.1) is 0 Å². The predicted octanol–water partition coefficient (Wildman–Crippen LogP) is 4.61. The number of amides is 2. The summed E-state index contributed by atoms with van der Waals surface area (Å²) in [6, 6.07) is 7.66. The molecule has 132 valence electrons. The third-order valence-corrected chi connectivity index (χ3v) is 4.88. The molecule has 0 saturated heterocycles. The van der Waals surface area contributed by atoms with Crippen molar-refractivity contribution >= 4 is 17.5 Å². The number of carbonyl (C=O) groups is 2. The number of benzene rings is 1. The molecule has 24 heavy (non-hydrogen) atoms. The number of anilines is 1. The smallest absolute Gasteiger partial charge is 0.255 e. The van der Waals surface area contributed by atoms with E-state index in [2.05, 4.69) is 12.2 Å². The van der Waals surface area contributed by atoms with Crippen molar-refractivity contribution in [3.63, 3.8) is 0 Å². The second-order valence-electron chi connectivity index (χ2n) is 6.76. The molecule has 0 radical (unpaired) electrons. The summed E-state index contributed by atoms with van der Waals surface area (Å²) in [6.45, 7) is 2.12.